The average molecular weight is 398 g/mol. The average Bonchev–Trinajstić information content (AvgIpc) is 3.20. The van der Waals surface area contributed by atoms with Crippen molar-refractivity contribution in [3.8, 4) is 0 Å². The Balaban J connectivity index is 1.64. The Morgan fingerprint density at radius 1 is 1.21 bits per heavy atom. The van der Waals surface area contributed by atoms with Gasteiger partial charge < -0.3 is 14.5 Å². The van der Waals surface area contributed by atoms with Crippen molar-refractivity contribution >= 4 is 11.7 Å². The monoisotopic (exact) mass is 398 g/mol. The summed E-state index contributed by atoms with van der Waals surface area (Å²) in [4.78, 5) is 26.3. The van der Waals surface area contributed by atoms with Crippen LogP contribution in [-0.4, -0.2) is 47.6 Å². The molecule has 29 heavy (non-hydrogen) atoms. The molecule has 4 rings (SSSR count). The molecule has 1 aromatic carbocycles. The fourth-order valence-corrected chi connectivity index (χ4v) is 4.36. The van der Waals surface area contributed by atoms with Gasteiger partial charge in [0.05, 0.1) is 6.04 Å². The minimum Gasteiger partial charge on any atom is -0.375 e. The molecular formula is C22H27FN4O2. The van der Waals surface area contributed by atoms with Crippen molar-refractivity contribution < 1.29 is 13.9 Å². The predicted molar refractivity (Wildman–Crippen MR) is 108 cm³/mol. The number of aromatic nitrogens is 2. The highest BCUT2D eigenvalue weighted by molar-refractivity contribution is 5.78. The summed E-state index contributed by atoms with van der Waals surface area (Å²) in [6, 6.07) is 6.53. The molecule has 2 aromatic rings. The summed E-state index contributed by atoms with van der Waals surface area (Å²) in [7, 11) is 1.54. The van der Waals surface area contributed by atoms with Crippen molar-refractivity contribution in [2.75, 3.05) is 31.7 Å². The normalized spacial score (nSPS) is 18.8. The molecule has 1 aromatic heterocycles. The fraction of sp³-hybridized carbons (Fsp3) is 0.500. The van der Waals surface area contributed by atoms with Crippen LogP contribution in [0.1, 0.15) is 47.9 Å². The van der Waals surface area contributed by atoms with E-state index < -0.39 is 0 Å². The molecule has 0 spiro atoms. The van der Waals surface area contributed by atoms with Gasteiger partial charge in [-0.05, 0) is 50.3 Å². The Morgan fingerprint density at radius 2 is 2.00 bits per heavy atom. The topological polar surface area (TPSA) is 58.6 Å². The molecule has 1 saturated heterocycles. The van der Waals surface area contributed by atoms with E-state index in [0.29, 0.717) is 18.9 Å². The molecule has 0 aliphatic carbocycles. The van der Waals surface area contributed by atoms with Gasteiger partial charge in [-0.1, -0.05) is 12.1 Å². The molecule has 0 unspecified atom stereocenters. The summed E-state index contributed by atoms with van der Waals surface area (Å²) in [6.45, 7) is 4.40. The zero-order valence-electron chi connectivity index (χ0n) is 17.0. The van der Waals surface area contributed by atoms with Crippen LogP contribution in [-0.2, 0) is 22.5 Å². The molecule has 0 saturated carbocycles. The zero-order chi connectivity index (χ0) is 20.4. The van der Waals surface area contributed by atoms with Gasteiger partial charge in [0.15, 0.2) is 5.82 Å². The second kappa shape index (κ2) is 8.45. The number of likely N-dealkylation sites (tertiary alicyclic amines) is 1. The van der Waals surface area contributed by atoms with Crippen LogP contribution in [0.5, 0.6) is 0 Å². The number of amides is 1. The quantitative estimate of drug-likeness (QED) is 0.774. The van der Waals surface area contributed by atoms with Gasteiger partial charge in [0.25, 0.3) is 0 Å². The highest BCUT2D eigenvalue weighted by Crippen LogP contribution is 2.34. The van der Waals surface area contributed by atoms with E-state index in [4.69, 9.17) is 14.7 Å². The van der Waals surface area contributed by atoms with E-state index >= 15 is 0 Å². The predicted octanol–water partition coefficient (Wildman–Crippen LogP) is 3.19. The van der Waals surface area contributed by atoms with Crippen LogP contribution in [0.4, 0.5) is 10.2 Å². The molecule has 0 N–H and O–H groups in total. The number of methoxy groups -OCH3 is 1. The number of ether oxygens (including phenoxy) is 1. The second-order valence-corrected chi connectivity index (χ2v) is 7.80. The highest BCUT2D eigenvalue weighted by atomic mass is 19.1. The Kier molecular flexibility index (Phi) is 5.76. The first kappa shape index (κ1) is 19.8. The smallest absolute Gasteiger partial charge is 0.249 e. The standard InChI is InChI=1S/C22H27FN4O2/c1-15-18-5-3-11-26(13-16-7-9-17(23)10-8-16)22(18)25-21(24-15)19-6-4-12-27(19)20(28)14-29-2/h7-10,19H,3-6,11-14H2,1-2H3/t19-/m1/s1. The number of nitrogens with zero attached hydrogens (tertiary/aromatic N) is 4. The van der Waals surface area contributed by atoms with Crippen molar-refractivity contribution in [1.82, 2.24) is 14.9 Å². The van der Waals surface area contributed by atoms with Gasteiger partial charge in [-0.15, -0.1) is 0 Å². The van der Waals surface area contributed by atoms with Crippen LogP contribution >= 0.6 is 0 Å². The zero-order valence-corrected chi connectivity index (χ0v) is 17.0. The van der Waals surface area contributed by atoms with Crippen LogP contribution in [0.25, 0.3) is 0 Å². The molecule has 7 heteroatoms. The van der Waals surface area contributed by atoms with E-state index in [0.717, 1.165) is 49.3 Å². The largest absolute Gasteiger partial charge is 0.375 e. The number of hydrogen-bond acceptors (Lipinski definition) is 5. The van der Waals surface area contributed by atoms with E-state index in [2.05, 4.69) is 4.90 Å². The SMILES string of the molecule is COCC(=O)N1CCC[C@@H]1c1nc(C)c2c(n1)N(Cc1ccc(F)cc1)CCC2. The third-order valence-electron chi connectivity index (χ3n) is 5.79. The summed E-state index contributed by atoms with van der Waals surface area (Å²) in [6.07, 6.45) is 3.81. The summed E-state index contributed by atoms with van der Waals surface area (Å²) < 4.78 is 18.3. The van der Waals surface area contributed by atoms with Crippen molar-refractivity contribution in [1.29, 1.82) is 0 Å². The molecule has 3 heterocycles. The lowest BCUT2D eigenvalue weighted by Gasteiger charge is -2.32. The maximum absolute atomic E-state index is 13.3. The molecule has 2 aliphatic rings. The third kappa shape index (κ3) is 4.10. The number of aryl methyl sites for hydroxylation is 1. The van der Waals surface area contributed by atoms with Crippen molar-refractivity contribution in [2.24, 2.45) is 0 Å². The highest BCUT2D eigenvalue weighted by Gasteiger charge is 2.33. The number of carbonyl (C=O) groups excluding carboxylic acids is 1. The molecule has 1 atom stereocenters. The summed E-state index contributed by atoms with van der Waals surface area (Å²) >= 11 is 0. The van der Waals surface area contributed by atoms with E-state index in [1.807, 2.05) is 24.0 Å². The number of carbonyl (C=O) groups is 1. The number of halogens is 1. The Labute approximate surface area is 170 Å². The Bertz CT molecular complexity index is 887. The second-order valence-electron chi connectivity index (χ2n) is 7.80. The lowest BCUT2D eigenvalue weighted by molar-refractivity contribution is -0.136. The summed E-state index contributed by atoms with van der Waals surface area (Å²) in [5.41, 5.74) is 3.21. The summed E-state index contributed by atoms with van der Waals surface area (Å²) in [5, 5.41) is 0. The van der Waals surface area contributed by atoms with Gasteiger partial charge in [0.2, 0.25) is 5.91 Å². The van der Waals surface area contributed by atoms with Crippen LogP contribution in [0, 0.1) is 12.7 Å². The molecule has 0 radical (unpaired) electrons. The number of anilines is 1. The van der Waals surface area contributed by atoms with Crippen molar-refractivity contribution in [2.45, 2.75) is 45.2 Å². The number of fused-ring (bicyclic) bond motifs is 1. The Hall–Kier alpha value is -2.54. The van der Waals surface area contributed by atoms with Gasteiger partial charge in [-0.2, -0.15) is 0 Å². The molecule has 1 fully saturated rings. The maximum atomic E-state index is 13.3. The molecule has 154 valence electrons. The van der Waals surface area contributed by atoms with Crippen LogP contribution in [0.3, 0.4) is 0 Å². The lowest BCUT2D eigenvalue weighted by atomic mass is 10.0. The van der Waals surface area contributed by atoms with Crippen LogP contribution in [0.2, 0.25) is 0 Å². The lowest BCUT2D eigenvalue weighted by Crippen LogP contribution is -2.35. The van der Waals surface area contributed by atoms with Crippen molar-refractivity contribution in [3.63, 3.8) is 0 Å². The van der Waals surface area contributed by atoms with E-state index in [9.17, 15) is 9.18 Å². The summed E-state index contributed by atoms with van der Waals surface area (Å²) in [5.74, 6) is 1.43. The van der Waals surface area contributed by atoms with Gasteiger partial charge in [-0.3, -0.25) is 4.79 Å². The first-order chi connectivity index (χ1) is 14.1. The van der Waals surface area contributed by atoms with Gasteiger partial charge >= 0.3 is 0 Å². The van der Waals surface area contributed by atoms with Gasteiger partial charge in [0.1, 0.15) is 18.2 Å². The fourth-order valence-electron chi connectivity index (χ4n) is 4.36. The van der Waals surface area contributed by atoms with Gasteiger partial charge in [0, 0.05) is 38.0 Å². The number of rotatable bonds is 5. The van der Waals surface area contributed by atoms with Crippen LogP contribution in [0.15, 0.2) is 24.3 Å². The molecule has 1 amide bonds. The van der Waals surface area contributed by atoms with E-state index in [-0.39, 0.29) is 24.4 Å². The molecular weight excluding hydrogens is 371 g/mol. The Morgan fingerprint density at radius 3 is 2.76 bits per heavy atom. The number of hydrogen-bond donors (Lipinski definition) is 0. The number of benzene rings is 1. The minimum atomic E-state index is -0.227. The third-order valence-corrected chi connectivity index (χ3v) is 5.79. The van der Waals surface area contributed by atoms with E-state index in [1.54, 1.807) is 0 Å². The minimum absolute atomic E-state index is 0.0165. The first-order valence-electron chi connectivity index (χ1n) is 10.2. The van der Waals surface area contributed by atoms with Crippen molar-refractivity contribution in [3.05, 3.63) is 52.7 Å². The van der Waals surface area contributed by atoms with E-state index in [1.165, 1.54) is 24.8 Å². The van der Waals surface area contributed by atoms with Crippen LogP contribution < -0.4 is 4.90 Å². The molecule has 2 aliphatic heterocycles. The maximum Gasteiger partial charge on any atom is 0.249 e. The molecule has 6 nitrogen and oxygen atoms in total. The van der Waals surface area contributed by atoms with Gasteiger partial charge in [-0.25, -0.2) is 14.4 Å². The first-order valence-corrected chi connectivity index (χ1v) is 10.2. The molecule has 0 bridgehead atoms.